The summed E-state index contributed by atoms with van der Waals surface area (Å²) in [5.74, 6) is 1.11. The van der Waals surface area contributed by atoms with Crippen LogP contribution >= 0.6 is 23.5 Å². The summed E-state index contributed by atoms with van der Waals surface area (Å²) in [6.45, 7) is 3.80. The molecular weight excluding hydrogens is 360 g/mol. The summed E-state index contributed by atoms with van der Waals surface area (Å²) in [6.07, 6.45) is 4.17. The molecule has 4 rings (SSSR count). The van der Waals surface area contributed by atoms with E-state index < -0.39 is 0 Å². The van der Waals surface area contributed by atoms with Crippen molar-refractivity contribution < 1.29 is 14.3 Å². The number of carbonyl (C=O) groups excluding carboxylic acids is 2. The molecule has 0 aliphatic carbocycles. The SMILES string of the molecule is CSCC(=O)N1C[C@@H]2[C@H](CNC(=O)c3nsnc3C)[C@H]3CC[C@]2(C1)O3. The number of hydrogen-bond donors (Lipinski definition) is 1. The zero-order valence-corrected chi connectivity index (χ0v) is 16.0. The lowest BCUT2D eigenvalue weighted by molar-refractivity contribution is -0.128. The molecule has 25 heavy (non-hydrogen) atoms. The first-order valence-corrected chi connectivity index (χ1v) is 10.7. The highest BCUT2D eigenvalue weighted by molar-refractivity contribution is 7.99. The van der Waals surface area contributed by atoms with Gasteiger partial charge in [0.15, 0.2) is 5.69 Å². The first kappa shape index (κ1) is 17.2. The van der Waals surface area contributed by atoms with Crippen LogP contribution in [-0.2, 0) is 9.53 Å². The maximum Gasteiger partial charge on any atom is 0.272 e. The van der Waals surface area contributed by atoms with Gasteiger partial charge in [-0.15, -0.1) is 0 Å². The predicted octanol–water partition coefficient (Wildman–Crippen LogP) is 0.945. The first-order chi connectivity index (χ1) is 12.0. The van der Waals surface area contributed by atoms with Gasteiger partial charge in [-0.2, -0.15) is 20.5 Å². The maximum absolute atomic E-state index is 12.3. The molecular formula is C16H22N4O3S2. The molecule has 0 saturated carbocycles. The van der Waals surface area contributed by atoms with Crippen molar-refractivity contribution in [1.82, 2.24) is 19.0 Å². The highest BCUT2D eigenvalue weighted by Gasteiger charge is 2.63. The quantitative estimate of drug-likeness (QED) is 0.816. The minimum atomic E-state index is -0.188. The van der Waals surface area contributed by atoms with E-state index >= 15 is 0 Å². The molecule has 2 amide bonds. The van der Waals surface area contributed by atoms with Crippen molar-refractivity contribution in [3.8, 4) is 0 Å². The Kier molecular flexibility index (Phi) is 4.49. The summed E-state index contributed by atoms with van der Waals surface area (Å²) < 4.78 is 14.4. The van der Waals surface area contributed by atoms with E-state index in [2.05, 4.69) is 14.1 Å². The number of thioether (sulfide) groups is 1. The molecule has 1 N–H and O–H groups in total. The van der Waals surface area contributed by atoms with Crippen molar-refractivity contribution in [3.63, 3.8) is 0 Å². The van der Waals surface area contributed by atoms with E-state index in [1.807, 2.05) is 11.2 Å². The molecule has 1 spiro atoms. The number of hydrogen-bond acceptors (Lipinski definition) is 7. The van der Waals surface area contributed by atoms with Crippen molar-refractivity contribution in [2.75, 3.05) is 31.6 Å². The lowest BCUT2D eigenvalue weighted by Crippen LogP contribution is -2.42. The van der Waals surface area contributed by atoms with Crippen LogP contribution in [0.25, 0.3) is 0 Å². The molecule has 136 valence electrons. The lowest BCUT2D eigenvalue weighted by Gasteiger charge is -2.29. The number of aromatic nitrogens is 2. The Morgan fingerprint density at radius 3 is 3.04 bits per heavy atom. The third-order valence-corrected chi connectivity index (χ3v) is 6.93. The standard InChI is InChI=1S/C16H22N4O3S2/c1-9-14(19-25-18-9)15(22)17-5-10-11-6-20(13(21)7-24-2)8-16(11)4-3-12(10)23-16/h10-12H,3-8H2,1-2H3,(H,17,22)/t10-,11+,12+,16+/m0/s1. The van der Waals surface area contributed by atoms with Gasteiger partial charge < -0.3 is 15.0 Å². The molecule has 1 aromatic rings. The Hall–Kier alpha value is -1.19. The van der Waals surface area contributed by atoms with Crippen LogP contribution in [0.4, 0.5) is 0 Å². The van der Waals surface area contributed by atoms with Crippen LogP contribution in [0.1, 0.15) is 29.0 Å². The van der Waals surface area contributed by atoms with E-state index in [9.17, 15) is 9.59 Å². The maximum atomic E-state index is 12.3. The van der Waals surface area contributed by atoms with Gasteiger partial charge in [-0.1, -0.05) is 0 Å². The van der Waals surface area contributed by atoms with Crippen LogP contribution < -0.4 is 5.32 Å². The minimum Gasteiger partial charge on any atom is -0.369 e. The number of nitrogens with one attached hydrogen (secondary N) is 1. The molecule has 4 heterocycles. The Morgan fingerprint density at radius 1 is 1.48 bits per heavy atom. The van der Waals surface area contributed by atoms with Crippen LogP contribution in [0.2, 0.25) is 0 Å². The average molecular weight is 383 g/mol. The van der Waals surface area contributed by atoms with Crippen molar-refractivity contribution in [2.45, 2.75) is 31.5 Å². The van der Waals surface area contributed by atoms with Crippen molar-refractivity contribution in [2.24, 2.45) is 11.8 Å². The smallest absolute Gasteiger partial charge is 0.272 e. The number of aryl methyl sites for hydroxylation is 1. The van der Waals surface area contributed by atoms with Gasteiger partial charge in [0, 0.05) is 24.9 Å². The summed E-state index contributed by atoms with van der Waals surface area (Å²) >= 11 is 2.61. The second kappa shape index (κ2) is 6.51. The number of carbonyl (C=O) groups is 2. The fraction of sp³-hybridized carbons (Fsp3) is 0.750. The van der Waals surface area contributed by atoms with E-state index in [1.165, 1.54) is 0 Å². The second-order valence-corrected chi connectivity index (χ2v) is 8.54. The minimum absolute atomic E-state index is 0.170. The number of ether oxygens (including phenoxy) is 1. The largest absolute Gasteiger partial charge is 0.369 e. The molecule has 1 aromatic heterocycles. The third-order valence-electron chi connectivity index (χ3n) is 5.77. The third kappa shape index (κ3) is 2.86. The van der Waals surface area contributed by atoms with E-state index in [-0.39, 0.29) is 29.4 Å². The van der Waals surface area contributed by atoms with E-state index in [0.717, 1.165) is 31.1 Å². The molecule has 0 radical (unpaired) electrons. The van der Waals surface area contributed by atoms with Crippen molar-refractivity contribution >= 4 is 35.3 Å². The molecule has 2 bridgehead atoms. The number of likely N-dealkylation sites (tertiary alicyclic amines) is 1. The average Bonchev–Trinajstić information content (AvgIpc) is 3.32. The molecule has 0 aromatic carbocycles. The van der Waals surface area contributed by atoms with Gasteiger partial charge in [0.05, 0.1) is 41.4 Å². The monoisotopic (exact) mass is 382 g/mol. The molecule has 9 heteroatoms. The fourth-order valence-corrected chi connectivity index (χ4v) is 5.58. The van der Waals surface area contributed by atoms with Gasteiger partial charge in [-0.05, 0) is 26.0 Å². The summed E-state index contributed by atoms with van der Waals surface area (Å²) in [6, 6.07) is 0. The highest BCUT2D eigenvalue weighted by Crippen LogP contribution is 2.54. The molecule has 3 saturated heterocycles. The normalized spacial score (nSPS) is 32.9. The van der Waals surface area contributed by atoms with E-state index in [0.29, 0.717) is 36.1 Å². The van der Waals surface area contributed by atoms with Crippen LogP contribution in [0.15, 0.2) is 0 Å². The number of rotatable bonds is 5. The molecule has 0 unspecified atom stereocenters. The second-order valence-electron chi connectivity index (χ2n) is 7.15. The predicted molar refractivity (Wildman–Crippen MR) is 95.8 cm³/mol. The first-order valence-electron chi connectivity index (χ1n) is 8.56. The van der Waals surface area contributed by atoms with Gasteiger partial charge in [-0.3, -0.25) is 9.59 Å². The van der Waals surface area contributed by atoms with Gasteiger partial charge in [0.25, 0.3) is 5.91 Å². The zero-order valence-electron chi connectivity index (χ0n) is 14.4. The summed E-state index contributed by atoms with van der Waals surface area (Å²) in [7, 11) is 0. The topological polar surface area (TPSA) is 84.4 Å². The number of amides is 2. The summed E-state index contributed by atoms with van der Waals surface area (Å²) in [5, 5.41) is 3.01. The summed E-state index contributed by atoms with van der Waals surface area (Å²) in [4.78, 5) is 26.6. The molecule has 3 fully saturated rings. The van der Waals surface area contributed by atoms with Crippen LogP contribution in [0, 0.1) is 18.8 Å². The number of fused-ring (bicyclic) bond motifs is 1. The van der Waals surface area contributed by atoms with Crippen LogP contribution in [0.3, 0.4) is 0 Å². The lowest BCUT2D eigenvalue weighted by atomic mass is 9.73. The molecule has 7 nitrogen and oxygen atoms in total. The molecule has 4 atom stereocenters. The zero-order chi connectivity index (χ0) is 17.6. The highest BCUT2D eigenvalue weighted by atomic mass is 32.2. The van der Waals surface area contributed by atoms with Crippen molar-refractivity contribution in [1.29, 1.82) is 0 Å². The Labute approximate surface area is 155 Å². The summed E-state index contributed by atoms with van der Waals surface area (Å²) in [5.41, 5.74) is 0.886. The Balaban J connectivity index is 1.42. The van der Waals surface area contributed by atoms with Crippen LogP contribution in [-0.4, -0.2) is 68.8 Å². The number of nitrogens with zero attached hydrogens (tertiary/aromatic N) is 3. The Bertz CT molecular complexity index is 697. The van der Waals surface area contributed by atoms with Crippen LogP contribution in [0.5, 0.6) is 0 Å². The van der Waals surface area contributed by atoms with Gasteiger partial charge in [0.2, 0.25) is 5.91 Å². The van der Waals surface area contributed by atoms with E-state index in [4.69, 9.17) is 4.74 Å². The van der Waals surface area contributed by atoms with Gasteiger partial charge in [0.1, 0.15) is 0 Å². The fourth-order valence-electron chi connectivity index (χ4n) is 4.60. The molecule has 3 aliphatic heterocycles. The van der Waals surface area contributed by atoms with Gasteiger partial charge in [-0.25, -0.2) is 0 Å². The Morgan fingerprint density at radius 2 is 2.32 bits per heavy atom. The van der Waals surface area contributed by atoms with E-state index in [1.54, 1.807) is 18.7 Å². The van der Waals surface area contributed by atoms with Crippen molar-refractivity contribution in [3.05, 3.63) is 11.4 Å². The van der Waals surface area contributed by atoms with Gasteiger partial charge >= 0.3 is 0 Å². The molecule has 3 aliphatic rings.